The second-order valence-corrected chi connectivity index (χ2v) is 3.67. The molecule has 0 aromatic heterocycles. The molecule has 0 fully saturated rings. The van der Waals surface area contributed by atoms with Crippen LogP contribution in [-0.2, 0) is 10.0 Å². The lowest BCUT2D eigenvalue weighted by Gasteiger charge is -1.95. The largest absolute Gasteiger partial charge is 0.215 e. The molecule has 0 aliphatic rings. The van der Waals surface area contributed by atoms with Crippen LogP contribution in [0.5, 0.6) is 0 Å². The minimum atomic E-state index is -2.99. The van der Waals surface area contributed by atoms with Gasteiger partial charge in [-0.3, -0.25) is 0 Å². The summed E-state index contributed by atoms with van der Waals surface area (Å²) in [5.74, 6) is 0.535. The lowest BCUT2D eigenvalue weighted by atomic mass is 10.8. The van der Waals surface area contributed by atoms with Gasteiger partial charge < -0.3 is 0 Å². The second-order valence-electron chi connectivity index (χ2n) is 1.39. The number of rotatable bonds is 3. The first-order valence-corrected chi connectivity index (χ1v) is 4.64. The SMILES string of the molecule is CS(=O)(=O)NCCS. The number of thiol groups is 1. The van der Waals surface area contributed by atoms with E-state index in [4.69, 9.17) is 0 Å². The van der Waals surface area contributed by atoms with Gasteiger partial charge in [-0.05, 0) is 0 Å². The van der Waals surface area contributed by atoms with Gasteiger partial charge in [0.05, 0.1) is 6.26 Å². The van der Waals surface area contributed by atoms with Crippen LogP contribution in [-0.4, -0.2) is 27.0 Å². The molecule has 0 saturated carbocycles. The van der Waals surface area contributed by atoms with E-state index in [9.17, 15) is 8.42 Å². The minimum Gasteiger partial charge on any atom is -0.215 e. The molecule has 0 aromatic rings. The van der Waals surface area contributed by atoms with E-state index < -0.39 is 10.0 Å². The van der Waals surface area contributed by atoms with E-state index in [2.05, 4.69) is 17.4 Å². The van der Waals surface area contributed by atoms with Crippen LogP contribution in [0.2, 0.25) is 0 Å². The monoisotopic (exact) mass is 155 g/mol. The van der Waals surface area contributed by atoms with Gasteiger partial charge in [0.2, 0.25) is 10.0 Å². The van der Waals surface area contributed by atoms with Crippen LogP contribution in [0.25, 0.3) is 0 Å². The summed E-state index contributed by atoms with van der Waals surface area (Å²) in [4.78, 5) is 0. The third kappa shape index (κ3) is 6.26. The van der Waals surface area contributed by atoms with Crippen molar-refractivity contribution in [1.82, 2.24) is 4.72 Å². The molecular formula is C3H9NO2S2. The van der Waals surface area contributed by atoms with Gasteiger partial charge in [0.15, 0.2) is 0 Å². The van der Waals surface area contributed by atoms with Crippen LogP contribution in [0.3, 0.4) is 0 Å². The van der Waals surface area contributed by atoms with Crippen molar-refractivity contribution in [2.24, 2.45) is 0 Å². The molecule has 50 valence electrons. The van der Waals surface area contributed by atoms with E-state index in [1.165, 1.54) is 0 Å². The molecule has 8 heavy (non-hydrogen) atoms. The molecule has 0 radical (unpaired) electrons. The fraction of sp³-hybridized carbons (Fsp3) is 1.00. The fourth-order valence-electron chi connectivity index (χ4n) is 0.231. The highest BCUT2D eigenvalue weighted by Gasteiger charge is 1.95. The molecule has 0 amide bonds. The molecule has 0 rings (SSSR count). The predicted octanol–water partition coefficient (Wildman–Crippen LogP) is -0.535. The molecule has 0 atom stereocenters. The Hall–Kier alpha value is 0.260. The molecule has 0 aliphatic carbocycles. The lowest BCUT2D eigenvalue weighted by Crippen LogP contribution is -2.23. The van der Waals surface area contributed by atoms with E-state index in [1.54, 1.807) is 0 Å². The lowest BCUT2D eigenvalue weighted by molar-refractivity contribution is 0.590. The maximum absolute atomic E-state index is 10.2. The van der Waals surface area contributed by atoms with Crippen molar-refractivity contribution >= 4 is 22.7 Å². The molecule has 0 spiro atoms. The van der Waals surface area contributed by atoms with Crippen LogP contribution in [0, 0.1) is 0 Å². The van der Waals surface area contributed by atoms with Gasteiger partial charge in [-0.25, -0.2) is 13.1 Å². The summed E-state index contributed by atoms with van der Waals surface area (Å²) in [7, 11) is -2.99. The minimum absolute atomic E-state index is 0.405. The average Bonchev–Trinajstić information content (AvgIpc) is 1.59. The maximum atomic E-state index is 10.2. The molecule has 0 bridgehead atoms. The normalized spacial score (nSPS) is 11.8. The van der Waals surface area contributed by atoms with E-state index in [-0.39, 0.29) is 0 Å². The summed E-state index contributed by atoms with van der Waals surface area (Å²) in [6.07, 6.45) is 1.12. The Kier molecular flexibility index (Phi) is 3.43. The zero-order chi connectivity index (χ0) is 6.62. The standard InChI is InChI=1S/C3H9NO2S2/c1-8(5,6)4-2-3-7/h4,7H,2-3H2,1H3. The Bertz CT molecular complexity index is 139. The highest BCUT2D eigenvalue weighted by Crippen LogP contribution is 1.73. The van der Waals surface area contributed by atoms with Crippen LogP contribution in [0.15, 0.2) is 0 Å². The fourth-order valence-corrected chi connectivity index (χ4v) is 0.967. The molecule has 0 saturated heterocycles. The van der Waals surface area contributed by atoms with Crippen molar-refractivity contribution in [3.63, 3.8) is 0 Å². The summed E-state index contributed by atoms with van der Waals surface area (Å²) in [6.45, 7) is 0.405. The second kappa shape index (κ2) is 3.32. The summed E-state index contributed by atoms with van der Waals surface area (Å²) >= 11 is 3.81. The molecular weight excluding hydrogens is 146 g/mol. The van der Waals surface area contributed by atoms with Crippen molar-refractivity contribution < 1.29 is 8.42 Å². The van der Waals surface area contributed by atoms with Gasteiger partial charge in [0, 0.05) is 12.3 Å². The van der Waals surface area contributed by atoms with Crippen molar-refractivity contribution in [3.8, 4) is 0 Å². The number of sulfonamides is 1. The highest BCUT2D eigenvalue weighted by atomic mass is 32.2. The molecule has 0 heterocycles. The quantitative estimate of drug-likeness (QED) is 0.538. The first-order chi connectivity index (χ1) is 3.56. The van der Waals surface area contributed by atoms with Gasteiger partial charge in [0.25, 0.3) is 0 Å². The first kappa shape index (κ1) is 8.26. The van der Waals surface area contributed by atoms with Gasteiger partial charge in [-0.2, -0.15) is 12.6 Å². The van der Waals surface area contributed by atoms with Gasteiger partial charge in [0.1, 0.15) is 0 Å². The molecule has 5 heteroatoms. The number of hydrogen-bond acceptors (Lipinski definition) is 3. The Labute approximate surface area is 54.9 Å². The first-order valence-electron chi connectivity index (χ1n) is 2.12. The number of hydrogen-bond donors (Lipinski definition) is 2. The van der Waals surface area contributed by atoms with Gasteiger partial charge >= 0.3 is 0 Å². The maximum Gasteiger partial charge on any atom is 0.208 e. The summed E-state index contributed by atoms with van der Waals surface area (Å²) in [5.41, 5.74) is 0. The van der Waals surface area contributed by atoms with Crippen molar-refractivity contribution in [2.75, 3.05) is 18.6 Å². The summed E-state index contributed by atoms with van der Waals surface area (Å²) in [5, 5.41) is 0. The van der Waals surface area contributed by atoms with Gasteiger partial charge in [-0.1, -0.05) is 0 Å². The van der Waals surface area contributed by atoms with Crippen LogP contribution >= 0.6 is 12.6 Å². The van der Waals surface area contributed by atoms with E-state index in [0.717, 1.165) is 6.26 Å². The van der Waals surface area contributed by atoms with E-state index in [1.807, 2.05) is 0 Å². The average molecular weight is 155 g/mol. The number of nitrogens with one attached hydrogen (secondary N) is 1. The van der Waals surface area contributed by atoms with E-state index in [0.29, 0.717) is 12.3 Å². The molecule has 0 aliphatic heterocycles. The zero-order valence-electron chi connectivity index (χ0n) is 4.59. The molecule has 1 N–H and O–H groups in total. The van der Waals surface area contributed by atoms with Crippen LogP contribution < -0.4 is 4.72 Å². The van der Waals surface area contributed by atoms with Crippen molar-refractivity contribution in [1.29, 1.82) is 0 Å². The Morgan fingerprint density at radius 1 is 1.62 bits per heavy atom. The third-order valence-corrected chi connectivity index (χ3v) is 1.43. The molecule has 0 aromatic carbocycles. The van der Waals surface area contributed by atoms with Crippen molar-refractivity contribution in [3.05, 3.63) is 0 Å². The highest BCUT2D eigenvalue weighted by molar-refractivity contribution is 7.88. The van der Waals surface area contributed by atoms with Crippen molar-refractivity contribution in [2.45, 2.75) is 0 Å². The van der Waals surface area contributed by atoms with Gasteiger partial charge in [-0.15, -0.1) is 0 Å². The Balaban J connectivity index is 3.42. The predicted molar refractivity (Wildman–Crippen MR) is 36.7 cm³/mol. The summed E-state index contributed by atoms with van der Waals surface area (Å²) < 4.78 is 22.8. The molecule has 0 unspecified atom stereocenters. The summed E-state index contributed by atoms with van der Waals surface area (Å²) in [6, 6.07) is 0. The smallest absolute Gasteiger partial charge is 0.208 e. The van der Waals surface area contributed by atoms with Crippen LogP contribution in [0.4, 0.5) is 0 Å². The Morgan fingerprint density at radius 2 is 2.12 bits per heavy atom. The van der Waals surface area contributed by atoms with Crippen LogP contribution in [0.1, 0.15) is 0 Å². The zero-order valence-corrected chi connectivity index (χ0v) is 6.30. The third-order valence-electron chi connectivity index (χ3n) is 0.476. The Morgan fingerprint density at radius 3 is 2.25 bits per heavy atom. The molecule has 3 nitrogen and oxygen atoms in total. The topological polar surface area (TPSA) is 46.2 Å². The van der Waals surface area contributed by atoms with E-state index >= 15 is 0 Å².